The predicted molar refractivity (Wildman–Crippen MR) is 87.8 cm³/mol. The summed E-state index contributed by atoms with van der Waals surface area (Å²) in [4.78, 5) is 0. The number of aliphatic hydroxyl groups is 1. The largest absolute Gasteiger partial charge is 0.389 e. The van der Waals surface area contributed by atoms with Crippen molar-refractivity contribution in [3.05, 3.63) is 33.8 Å². The summed E-state index contributed by atoms with van der Waals surface area (Å²) in [5.41, 5.74) is 2.38. The first-order valence-electron chi connectivity index (χ1n) is 7.48. The van der Waals surface area contributed by atoms with Gasteiger partial charge in [0.25, 0.3) is 0 Å². The van der Waals surface area contributed by atoms with Crippen LogP contribution in [-0.4, -0.2) is 17.3 Å². The lowest BCUT2D eigenvalue weighted by Gasteiger charge is -2.40. The molecule has 3 heteroatoms. The second-order valence-corrected chi connectivity index (χ2v) is 7.93. The Hall–Kier alpha value is -0.380. The van der Waals surface area contributed by atoms with E-state index < -0.39 is 5.60 Å². The molecule has 112 valence electrons. The van der Waals surface area contributed by atoms with Gasteiger partial charge in [0, 0.05) is 17.6 Å². The Bertz CT molecular complexity index is 460. The lowest BCUT2D eigenvalue weighted by molar-refractivity contribution is -0.0245. The molecular weight excluding hydrogens is 314 g/mol. The maximum Gasteiger partial charge on any atom is 0.0772 e. The molecule has 0 aliphatic heterocycles. The van der Waals surface area contributed by atoms with Crippen molar-refractivity contribution in [3.63, 3.8) is 0 Å². The maximum absolute atomic E-state index is 10.6. The third-order valence-corrected chi connectivity index (χ3v) is 5.41. The zero-order chi connectivity index (χ0) is 14.8. The molecule has 0 spiro atoms. The molecule has 0 radical (unpaired) electrons. The summed E-state index contributed by atoms with van der Waals surface area (Å²) in [5.74, 6) is 0. The second kappa shape index (κ2) is 6.17. The minimum absolute atomic E-state index is 0.397. The third kappa shape index (κ3) is 4.31. The Morgan fingerprint density at radius 3 is 2.45 bits per heavy atom. The minimum atomic E-state index is -0.516. The van der Waals surface area contributed by atoms with Crippen LogP contribution < -0.4 is 5.32 Å². The van der Waals surface area contributed by atoms with Gasteiger partial charge in [-0.3, -0.25) is 0 Å². The number of nitrogens with one attached hydrogen (secondary N) is 1. The van der Waals surface area contributed by atoms with E-state index >= 15 is 0 Å². The van der Waals surface area contributed by atoms with Crippen molar-refractivity contribution in [2.75, 3.05) is 6.54 Å². The molecule has 1 aliphatic rings. The van der Waals surface area contributed by atoms with Crippen LogP contribution in [0, 0.1) is 12.3 Å². The molecule has 0 amide bonds. The summed E-state index contributed by atoms with van der Waals surface area (Å²) in [7, 11) is 0. The van der Waals surface area contributed by atoms with Crippen molar-refractivity contribution < 1.29 is 5.11 Å². The molecule has 1 fully saturated rings. The van der Waals surface area contributed by atoms with Gasteiger partial charge < -0.3 is 10.4 Å². The quantitative estimate of drug-likeness (QED) is 0.862. The first-order valence-corrected chi connectivity index (χ1v) is 8.27. The van der Waals surface area contributed by atoms with Gasteiger partial charge in [-0.15, -0.1) is 0 Å². The number of hydrogen-bond acceptors (Lipinski definition) is 2. The molecule has 2 nitrogen and oxygen atoms in total. The highest BCUT2D eigenvalue weighted by Gasteiger charge is 2.36. The normalized spacial score (nSPS) is 20.9. The molecule has 1 aliphatic carbocycles. The highest BCUT2D eigenvalue weighted by Crippen LogP contribution is 2.39. The molecule has 0 bridgehead atoms. The number of rotatable bonds is 4. The highest BCUT2D eigenvalue weighted by molar-refractivity contribution is 9.10. The van der Waals surface area contributed by atoms with Gasteiger partial charge >= 0.3 is 0 Å². The molecule has 2 rings (SSSR count). The zero-order valence-electron chi connectivity index (χ0n) is 12.8. The van der Waals surface area contributed by atoms with Gasteiger partial charge in [0.05, 0.1) is 5.60 Å². The topological polar surface area (TPSA) is 32.3 Å². The fourth-order valence-electron chi connectivity index (χ4n) is 2.75. The van der Waals surface area contributed by atoms with E-state index in [1.165, 1.54) is 11.1 Å². The van der Waals surface area contributed by atoms with Crippen molar-refractivity contribution in [3.8, 4) is 0 Å². The van der Waals surface area contributed by atoms with E-state index in [0.29, 0.717) is 12.0 Å². The van der Waals surface area contributed by atoms with Crippen molar-refractivity contribution in [2.24, 2.45) is 5.41 Å². The van der Waals surface area contributed by atoms with E-state index in [0.717, 1.165) is 36.7 Å². The van der Waals surface area contributed by atoms with Crippen LogP contribution in [0.3, 0.4) is 0 Å². The molecule has 0 atom stereocenters. The summed E-state index contributed by atoms with van der Waals surface area (Å²) < 4.78 is 1.15. The average molecular weight is 340 g/mol. The van der Waals surface area contributed by atoms with Crippen LogP contribution in [0.4, 0.5) is 0 Å². The summed E-state index contributed by atoms with van der Waals surface area (Å²) in [6, 6.07) is 6.41. The predicted octanol–water partition coefficient (Wildman–Crippen LogP) is 4.18. The molecule has 20 heavy (non-hydrogen) atoms. The van der Waals surface area contributed by atoms with E-state index in [9.17, 15) is 5.11 Å². The lowest BCUT2D eigenvalue weighted by Crippen LogP contribution is -2.44. The molecule has 0 aromatic heterocycles. The standard InChI is InChI=1S/C17H26BrNO/c1-13-4-5-14(10-15(13)18)11-19-12-17(20)8-6-16(2,3)7-9-17/h4-5,10,19-20H,6-9,11-12H2,1-3H3. The van der Waals surface area contributed by atoms with E-state index in [4.69, 9.17) is 0 Å². The Morgan fingerprint density at radius 1 is 1.20 bits per heavy atom. The van der Waals surface area contributed by atoms with Crippen molar-refractivity contribution in [2.45, 2.75) is 58.6 Å². The van der Waals surface area contributed by atoms with E-state index in [1.54, 1.807) is 0 Å². The van der Waals surface area contributed by atoms with Crippen LogP contribution in [0.1, 0.15) is 50.7 Å². The van der Waals surface area contributed by atoms with Gasteiger partial charge in [-0.05, 0) is 55.2 Å². The van der Waals surface area contributed by atoms with Crippen LogP contribution >= 0.6 is 15.9 Å². The van der Waals surface area contributed by atoms with Crippen LogP contribution in [-0.2, 0) is 6.54 Å². The van der Waals surface area contributed by atoms with Gasteiger partial charge in [-0.1, -0.05) is 41.9 Å². The molecule has 1 aromatic carbocycles. The number of hydrogen-bond donors (Lipinski definition) is 2. The Labute approximate surface area is 131 Å². The van der Waals surface area contributed by atoms with E-state index in [1.807, 2.05) is 0 Å². The van der Waals surface area contributed by atoms with Crippen LogP contribution in [0.25, 0.3) is 0 Å². The number of aryl methyl sites for hydroxylation is 1. The van der Waals surface area contributed by atoms with E-state index in [-0.39, 0.29) is 0 Å². The Balaban J connectivity index is 1.82. The van der Waals surface area contributed by atoms with Gasteiger partial charge in [0.1, 0.15) is 0 Å². The first kappa shape index (κ1) is 16.0. The molecule has 1 aromatic rings. The van der Waals surface area contributed by atoms with Crippen molar-refractivity contribution >= 4 is 15.9 Å². The maximum atomic E-state index is 10.6. The average Bonchev–Trinajstić information content (AvgIpc) is 2.38. The molecule has 0 heterocycles. The zero-order valence-corrected chi connectivity index (χ0v) is 14.4. The highest BCUT2D eigenvalue weighted by atomic mass is 79.9. The first-order chi connectivity index (χ1) is 9.30. The van der Waals surface area contributed by atoms with E-state index in [2.05, 4.69) is 60.2 Å². The summed E-state index contributed by atoms with van der Waals surface area (Å²) in [6.45, 7) is 8.18. The van der Waals surface area contributed by atoms with Crippen LogP contribution in [0.2, 0.25) is 0 Å². The fourth-order valence-corrected chi connectivity index (χ4v) is 3.18. The third-order valence-electron chi connectivity index (χ3n) is 4.55. The molecule has 1 saturated carbocycles. The second-order valence-electron chi connectivity index (χ2n) is 7.08. The van der Waals surface area contributed by atoms with Crippen LogP contribution in [0.15, 0.2) is 22.7 Å². The van der Waals surface area contributed by atoms with Crippen molar-refractivity contribution in [1.29, 1.82) is 0 Å². The monoisotopic (exact) mass is 339 g/mol. The van der Waals surface area contributed by atoms with Gasteiger partial charge in [0.2, 0.25) is 0 Å². The minimum Gasteiger partial charge on any atom is -0.389 e. The molecular formula is C17H26BrNO. The van der Waals surface area contributed by atoms with Crippen molar-refractivity contribution in [1.82, 2.24) is 5.32 Å². The Kier molecular flexibility index (Phi) is 4.93. The van der Waals surface area contributed by atoms with Gasteiger partial charge in [-0.25, -0.2) is 0 Å². The van der Waals surface area contributed by atoms with Gasteiger partial charge in [-0.2, -0.15) is 0 Å². The summed E-state index contributed by atoms with van der Waals surface area (Å²) in [6.07, 6.45) is 4.04. The number of benzene rings is 1. The number of halogens is 1. The Morgan fingerprint density at radius 2 is 1.85 bits per heavy atom. The summed E-state index contributed by atoms with van der Waals surface area (Å²) in [5, 5.41) is 14.0. The molecule has 0 saturated heterocycles. The molecule has 2 N–H and O–H groups in total. The fraction of sp³-hybridized carbons (Fsp3) is 0.647. The summed E-state index contributed by atoms with van der Waals surface area (Å²) >= 11 is 3.56. The lowest BCUT2D eigenvalue weighted by atomic mass is 9.71. The molecule has 0 unspecified atom stereocenters. The SMILES string of the molecule is Cc1ccc(CNCC2(O)CCC(C)(C)CC2)cc1Br. The van der Waals surface area contributed by atoms with Gasteiger partial charge in [0.15, 0.2) is 0 Å². The van der Waals surface area contributed by atoms with Crippen LogP contribution in [0.5, 0.6) is 0 Å². The smallest absolute Gasteiger partial charge is 0.0772 e.